The molecule has 0 saturated carbocycles. The SMILES string of the molecule is Cc1ccccc1N1CCN(C(=O)CCc2c(C)nn(-c3ccccc3)c2C)CC1. The van der Waals surface area contributed by atoms with Crippen molar-refractivity contribution in [1.82, 2.24) is 14.7 Å². The molecule has 0 spiro atoms. The largest absolute Gasteiger partial charge is 0.368 e. The van der Waals surface area contributed by atoms with Gasteiger partial charge in [-0.1, -0.05) is 36.4 Å². The average molecular weight is 403 g/mol. The molecule has 1 saturated heterocycles. The van der Waals surface area contributed by atoms with Gasteiger partial charge in [0.2, 0.25) is 5.91 Å². The van der Waals surface area contributed by atoms with E-state index in [1.54, 1.807) is 0 Å². The second-order valence-corrected chi connectivity index (χ2v) is 8.05. The first-order valence-electron chi connectivity index (χ1n) is 10.7. The Kier molecular flexibility index (Phi) is 5.88. The summed E-state index contributed by atoms with van der Waals surface area (Å²) < 4.78 is 1.98. The van der Waals surface area contributed by atoms with Gasteiger partial charge in [0.25, 0.3) is 0 Å². The fraction of sp³-hybridized carbons (Fsp3) is 0.360. The molecule has 0 N–H and O–H groups in total. The minimum Gasteiger partial charge on any atom is -0.368 e. The Bertz CT molecular complexity index is 1020. The van der Waals surface area contributed by atoms with Crippen LogP contribution in [0.25, 0.3) is 5.69 Å². The summed E-state index contributed by atoms with van der Waals surface area (Å²) in [4.78, 5) is 17.3. The summed E-state index contributed by atoms with van der Waals surface area (Å²) in [5, 5.41) is 4.71. The Morgan fingerprint density at radius 3 is 2.27 bits per heavy atom. The fourth-order valence-corrected chi connectivity index (χ4v) is 4.36. The monoisotopic (exact) mass is 402 g/mol. The van der Waals surface area contributed by atoms with Crippen LogP contribution >= 0.6 is 0 Å². The smallest absolute Gasteiger partial charge is 0.223 e. The zero-order chi connectivity index (χ0) is 21.1. The first kappa shape index (κ1) is 20.2. The van der Waals surface area contributed by atoms with Gasteiger partial charge in [0, 0.05) is 44.0 Å². The van der Waals surface area contributed by atoms with Crippen molar-refractivity contribution in [1.29, 1.82) is 0 Å². The van der Waals surface area contributed by atoms with Crippen molar-refractivity contribution in [2.75, 3.05) is 31.1 Å². The van der Waals surface area contributed by atoms with E-state index in [9.17, 15) is 4.79 Å². The van der Waals surface area contributed by atoms with E-state index in [2.05, 4.69) is 55.1 Å². The maximum absolute atomic E-state index is 12.9. The number of aryl methyl sites for hydroxylation is 2. The first-order valence-corrected chi connectivity index (χ1v) is 10.7. The minimum absolute atomic E-state index is 0.241. The molecule has 156 valence electrons. The number of hydrogen-bond donors (Lipinski definition) is 0. The normalized spacial score (nSPS) is 14.2. The molecule has 0 unspecified atom stereocenters. The molecule has 5 heteroatoms. The molecule has 1 amide bonds. The molecule has 1 aromatic heterocycles. The Morgan fingerprint density at radius 2 is 1.57 bits per heavy atom. The van der Waals surface area contributed by atoms with Gasteiger partial charge in [-0.2, -0.15) is 5.10 Å². The third-order valence-corrected chi connectivity index (χ3v) is 6.12. The van der Waals surface area contributed by atoms with Crippen molar-refractivity contribution < 1.29 is 4.79 Å². The summed E-state index contributed by atoms with van der Waals surface area (Å²) in [6.45, 7) is 9.62. The molecule has 2 heterocycles. The zero-order valence-electron chi connectivity index (χ0n) is 18.1. The Hall–Kier alpha value is -3.08. The van der Waals surface area contributed by atoms with Gasteiger partial charge in [-0.15, -0.1) is 0 Å². The molecule has 2 aromatic carbocycles. The van der Waals surface area contributed by atoms with Crippen molar-refractivity contribution in [3.63, 3.8) is 0 Å². The van der Waals surface area contributed by atoms with Crippen LogP contribution in [0, 0.1) is 20.8 Å². The van der Waals surface area contributed by atoms with Crippen LogP contribution in [0.15, 0.2) is 54.6 Å². The summed E-state index contributed by atoms with van der Waals surface area (Å²) in [6, 6.07) is 18.6. The molecule has 30 heavy (non-hydrogen) atoms. The Labute approximate surface area is 178 Å². The summed E-state index contributed by atoms with van der Waals surface area (Å²) >= 11 is 0. The number of rotatable bonds is 5. The number of benzene rings is 2. The highest BCUT2D eigenvalue weighted by Gasteiger charge is 2.22. The summed E-state index contributed by atoms with van der Waals surface area (Å²) in [5.74, 6) is 0.241. The highest BCUT2D eigenvalue weighted by atomic mass is 16.2. The van der Waals surface area contributed by atoms with Gasteiger partial charge in [-0.05, 0) is 56.5 Å². The lowest BCUT2D eigenvalue weighted by atomic mass is 10.1. The van der Waals surface area contributed by atoms with Crippen LogP contribution in [-0.4, -0.2) is 46.8 Å². The number of anilines is 1. The van der Waals surface area contributed by atoms with E-state index in [1.165, 1.54) is 16.8 Å². The van der Waals surface area contributed by atoms with E-state index in [1.807, 2.05) is 34.7 Å². The maximum Gasteiger partial charge on any atom is 0.223 e. The Morgan fingerprint density at radius 1 is 0.900 bits per heavy atom. The van der Waals surface area contributed by atoms with E-state index in [0.29, 0.717) is 6.42 Å². The molecule has 5 nitrogen and oxygen atoms in total. The molecule has 0 atom stereocenters. The maximum atomic E-state index is 12.9. The van der Waals surface area contributed by atoms with Gasteiger partial charge in [0.05, 0.1) is 11.4 Å². The number of aromatic nitrogens is 2. The molecule has 3 aromatic rings. The Balaban J connectivity index is 1.36. The van der Waals surface area contributed by atoms with E-state index < -0.39 is 0 Å². The highest BCUT2D eigenvalue weighted by molar-refractivity contribution is 5.77. The first-order chi connectivity index (χ1) is 14.5. The molecular formula is C25H30N4O. The standard InChI is InChI=1S/C25H30N4O/c1-19-9-7-8-12-24(19)27-15-17-28(18-16-27)25(30)14-13-23-20(2)26-29(21(23)3)22-10-5-4-6-11-22/h4-12H,13-18H2,1-3H3. The molecule has 1 aliphatic heterocycles. The molecular weight excluding hydrogens is 372 g/mol. The molecule has 0 aliphatic carbocycles. The number of amides is 1. The van der Waals surface area contributed by atoms with E-state index in [0.717, 1.165) is 49.7 Å². The average Bonchev–Trinajstić information content (AvgIpc) is 3.06. The second kappa shape index (κ2) is 8.74. The lowest BCUT2D eigenvalue weighted by Crippen LogP contribution is -2.49. The lowest BCUT2D eigenvalue weighted by Gasteiger charge is -2.37. The van der Waals surface area contributed by atoms with Gasteiger partial charge in [0.1, 0.15) is 0 Å². The van der Waals surface area contributed by atoms with Crippen molar-refractivity contribution in [3.05, 3.63) is 77.1 Å². The van der Waals surface area contributed by atoms with Crippen LogP contribution in [-0.2, 0) is 11.2 Å². The quantitative estimate of drug-likeness (QED) is 0.646. The number of nitrogens with zero attached hydrogens (tertiary/aromatic N) is 4. The topological polar surface area (TPSA) is 41.4 Å². The molecule has 1 aliphatic rings. The van der Waals surface area contributed by atoms with Crippen molar-refractivity contribution >= 4 is 11.6 Å². The van der Waals surface area contributed by atoms with Crippen LogP contribution in [0.1, 0.15) is 28.9 Å². The van der Waals surface area contributed by atoms with Gasteiger partial charge in [-0.25, -0.2) is 4.68 Å². The van der Waals surface area contributed by atoms with Crippen LogP contribution in [0.5, 0.6) is 0 Å². The number of carbonyl (C=O) groups is 1. The molecule has 1 fully saturated rings. The number of carbonyl (C=O) groups excluding carboxylic acids is 1. The molecule has 0 radical (unpaired) electrons. The fourth-order valence-electron chi connectivity index (χ4n) is 4.36. The number of hydrogen-bond acceptors (Lipinski definition) is 3. The summed E-state index contributed by atoms with van der Waals surface area (Å²) in [5.41, 5.74) is 6.95. The van der Waals surface area contributed by atoms with Crippen LogP contribution in [0.3, 0.4) is 0 Å². The summed E-state index contributed by atoms with van der Waals surface area (Å²) in [6.07, 6.45) is 1.27. The highest BCUT2D eigenvalue weighted by Crippen LogP contribution is 2.22. The van der Waals surface area contributed by atoms with Crippen molar-refractivity contribution in [2.45, 2.75) is 33.6 Å². The van der Waals surface area contributed by atoms with Crippen LogP contribution in [0.4, 0.5) is 5.69 Å². The number of piperazine rings is 1. The van der Waals surface area contributed by atoms with Crippen LogP contribution < -0.4 is 4.90 Å². The molecule has 4 rings (SSSR count). The van der Waals surface area contributed by atoms with Crippen LogP contribution in [0.2, 0.25) is 0 Å². The predicted octanol–water partition coefficient (Wildman–Crippen LogP) is 4.08. The minimum atomic E-state index is 0.241. The van der Waals surface area contributed by atoms with Crippen molar-refractivity contribution in [2.24, 2.45) is 0 Å². The van der Waals surface area contributed by atoms with Gasteiger partial charge >= 0.3 is 0 Å². The predicted molar refractivity (Wildman–Crippen MR) is 121 cm³/mol. The van der Waals surface area contributed by atoms with Crippen molar-refractivity contribution in [3.8, 4) is 5.69 Å². The third-order valence-electron chi connectivity index (χ3n) is 6.12. The van der Waals surface area contributed by atoms with E-state index in [-0.39, 0.29) is 5.91 Å². The lowest BCUT2D eigenvalue weighted by molar-refractivity contribution is -0.131. The van der Waals surface area contributed by atoms with Gasteiger partial charge in [0.15, 0.2) is 0 Å². The van der Waals surface area contributed by atoms with Gasteiger partial charge < -0.3 is 9.80 Å². The number of para-hydroxylation sites is 2. The summed E-state index contributed by atoms with van der Waals surface area (Å²) in [7, 11) is 0. The third kappa shape index (κ3) is 4.11. The second-order valence-electron chi connectivity index (χ2n) is 8.05. The van der Waals surface area contributed by atoms with Gasteiger partial charge in [-0.3, -0.25) is 4.79 Å². The van der Waals surface area contributed by atoms with E-state index >= 15 is 0 Å². The van der Waals surface area contributed by atoms with E-state index in [4.69, 9.17) is 5.10 Å². The zero-order valence-corrected chi connectivity index (χ0v) is 18.1. The molecule has 0 bridgehead atoms.